The molecule has 0 aliphatic rings. The van der Waals surface area contributed by atoms with Crippen molar-refractivity contribution < 1.29 is 23.8 Å². The third kappa shape index (κ3) is 4.29. The van der Waals surface area contributed by atoms with Crippen molar-refractivity contribution in [3.8, 4) is 22.9 Å². The number of nitrogens with one attached hydrogen (secondary N) is 2. The highest BCUT2D eigenvalue weighted by Crippen LogP contribution is 2.27. The zero-order chi connectivity index (χ0) is 20.8. The zero-order valence-corrected chi connectivity index (χ0v) is 16.1. The van der Waals surface area contributed by atoms with E-state index in [0.29, 0.717) is 11.5 Å². The van der Waals surface area contributed by atoms with Gasteiger partial charge in [-0.15, -0.1) is 0 Å². The highest BCUT2D eigenvalue weighted by Gasteiger charge is 2.19. The molecule has 0 atom stereocenters. The minimum absolute atomic E-state index is 0.0314. The minimum Gasteiger partial charge on any atom is -0.493 e. The Morgan fingerprint density at radius 3 is 2.14 bits per heavy atom. The van der Waals surface area contributed by atoms with E-state index >= 15 is 0 Å². The maximum Gasteiger partial charge on any atom is 0.294 e. The summed E-state index contributed by atoms with van der Waals surface area (Å²) in [5.41, 5.74) is 5.76. The van der Waals surface area contributed by atoms with Crippen LogP contribution in [0.5, 0.6) is 17.2 Å². The summed E-state index contributed by atoms with van der Waals surface area (Å²) in [5.74, 6) is 0.0110. The van der Waals surface area contributed by atoms with Gasteiger partial charge in [-0.2, -0.15) is 5.10 Å². The van der Waals surface area contributed by atoms with E-state index in [1.54, 1.807) is 18.3 Å². The molecule has 9 nitrogen and oxygen atoms in total. The monoisotopic (exact) mass is 396 g/mol. The number of benzene rings is 2. The van der Waals surface area contributed by atoms with Crippen LogP contribution in [0.25, 0.3) is 5.69 Å². The van der Waals surface area contributed by atoms with E-state index in [-0.39, 0.29) is 17.0 Å². The number of aromatic nitrogens is 2. The van der Waals surface area contributed by atoms with Crippen molar-refractivity contribution in [3.05, 3.63) is 66.0 Å². The number of hydrogen-bond donors (Lipinski definition) is 2. The van der Waals surface area contributed by atoms with Gasteiger partial charge in [-0.3, -0.25) is 20.4 Å². The molecule has 1 aromatic heterocycles. The Morgan fingerprint density at radius 1 is 0.828 bits per heavy atom. The van der Waals surface area contributed by atoms with E-state index in [9.17, 15) is 9.59 Å². The molecule has 3 rings (SSSR count). The van der Waals surface area contributed by atoms with Crippen LogP contribution in [-0.2, 0) is 0 Å². The lowest BCUT2D eigenvalue weighted by Crippen LogP contribution is -2.42. The second-order valence-corrected chi connectivity index (χ2v) is 5.80. The van der Waals surface area contributed by atoms with Crippen LogP contribution >= 0.6 is 0 Å². The molecule has 9 heteroatoms. The molecule has 2 amide bonds. The summed E-state index contributed by atoms with van der Waals surface area (Å²) >= 11 is 0. The summed E-state index contributed by atoms with van der Waals surface area (Å²) in [6.45, 7) is 0. The molecular weight excluding hydrogens is 376 g/mol. The van der Waals surface area contributed by atoms with Gasteiger partial charge in [-0.05, 0) is 30.3 Å². The first-order valence-corrected chi connectivity index (χ1v) is 8.59. The summed E-state index contributed by atoms with van der Waals surface area (Å²) in [5, 5.41) is 4.24. The van der Waals surface area contributed by atoms with E-state index < -0.39 is 11.8 Å². The lowest BCUT2D eigenvalue weighted by molar-refractivity contribution is 0.0841. The molecule has 0 bridgehead atoms. The number of nitrogens with zero attached hydrogens (tertiary/aromatic N) is 2. The van der Waals surface area contributed by atoms with Gasteiger partial charge in [0.05, 0.1) is 33.2 Å². The fraction of sp³-hybridized carbons (Fsp3) is 0.150. The number of carbonyl (C=O) groups is 2. The number of methoxy groups -OCH3 is 3. The summed E-state index contributed by atoms with van der Waals surface area (Å²) in [4.78, 5) is 24.9. The fourth-order valence-electron chi connectivity index (χ4n) is 2.60. The first-order chi connectivity index (χ1) is 14.1. The molecule has 3 aromatic rings. The topological polar surface area (TPSA) is 104 Å². The highest BCUT2D eigenvalue weighted by atomic mass is 16.5. The zero-order valence-electron chi connectivity index (χ0n) is 16.1. The maximum absolute atomic E-state index is 12.5. The Kier molecular flexibility index (Phi) is 5.98. The van der Waals surface area contributed by atoms with Gasteiger partial charge in [-0.1, -0.05) is 18.2 Å². The number of hydrogen-bond acceptors (Lipinski definition) is 6. The Balaban J connectivity index is 1.72. The average Bonchev–Trinajstić information content (AvgIpc) is 3.22. The summed E-state index contributed by atoms with van der Waals surface area (Å²) < 4.78 is 17.1. The Labute approximate surface area is 167 Å². The molecule has 0 aliphatic heterocycles. The van der Waals surface area contributed by atoms with Gasteiger partial charge in [0.2, 0.25) is 0 Å². The number of rotatable bonds is 6. The SMILES string of the molecule is COc1ccc(C(=O)NNC(=O)c2nn(-c3ccccc3)cc2OC)cc1OC. The molecule has 2 aromatic carbocycles. The lowest BCUT2D eigenvalue weighted by atomic mass is 10.2. The van der Waals surface area contributed by atoms with Crippen LogP contribution in [0, 0.1) is 0 Å². The normalized spacial score (nSPS) is 10.2. The quantitative estimate of drug-likeness (QED) is 0.618. The third-order valence-corrected chi connectivity index (χ3v) is 4.07. The summed E-state index contributed by atoms with van der Waals surface area (Å²) in [6, 6.07) is 13.9. The molecule has 0 unspecified atom stereocenters. The molecule has 0 aliphatic carbocycles. The van der Waals surface area contributed by atoms with Crippen molar-refractivity contribution in [2.75, 3.05) is 21.3 Å². The number of amides is 2. The van der Waals surface area contributed by atoms with Crippen LogP contribution in [-0.4, -0.2) is 42.9 Å². The molecular formula is C20H20N4O5. The molecule has 0 saturated heterocycles. The van der Waals surface area contributed by atoms with E-state index in [1.807, 2.05) is 30.3 Å². The molecule has 0 spiro atoms. The van der Waals surface area contributed by atoms with Gasteiger partial charge in [0.1, 0.15) is 0 Å². The van der Waals surface area contributed by atoms with Crippen molar-refractivity contribution in [2.45, 2.75) is 0 Å². The van der Waals surface area contributed by atoms with Gasteiger partial charge in [0.25, 0.3) is 11.8 Å². The fourth-order valence-corrected chi connectivity index (χ4v) is 2.60. The molecule has 150 valence electrons. The first kappa shape index (κ1) is 19.7. The number of para-hydroxylation sites is 1. The number of carbonyl (C=O) groups excluding carboxylic acids is 2. The molecule has 0 saturated carbocycles. The second-order valence-electron chi connectivity index (χ2n) is 5.80. The van der Waals surface area contributed by atoms with Gasteiger partial charge in [0, 0.05) is 5.56 Å². The van der Waals surface area contributed by atoms with Crippen LogP contribution in [0.3, 0.4) is 0 Å². The Bertz CT molecular complexity index is 1020. The largest absolute Gasteiger partial charge is 0.493 e. The molecule has 29 heavy (non-hydrogen) atoms. The smallest absolute Gasteiger partial charge is 0.294 e. The van der Waals surface area contributed by atoms with Crippen molar-refractivity contribution in [3.63, 3.8) is 0 Å². The lowest BCUT2D eigenvalue weighted by Gasteiger charge is -2.10. The minimum atomic E-state index is -0.620. The predicted molar refractivity (Wildman–Crippen MR) is 105 cm³/mol. The second kappa shape index (κ2) is 8.79. The van der Waals surface area contributed by atoms with Crippen LogP contribution in [0.15, 0.2) is 54.7 Å². The first-order valence-electron chi connectivity index (χ1n) is 8.59. The number of hydrazine groups is 1. The van der Waals surface area contributed by atoms with Crippen molar-refractivity contribution in [2.24, 2.45) is 0 Å². The third-order valence-electron chi connectivity index (χ3n) is 4.07. The highest BCUT2D eigenvalue weighted by molar-refractivity contribution is 5.99. The van der Waals surface area contributed by atoms with E-state index in [0.717, 1.165) is 5.69 Å². The van der Waals surface area contributed by atoms with E-state index in [2.05, 4.69) is 16.0 Å². The summed E-state index contributed by atoms with van der Waals surface area (Å²) in [6.07, 6.45) is 1.58. The van der Waals surface area contributed by atoms with E-state index in [1.165, 1.54) is 32.1 Å². The van der Waals surface area contributed by atoms with Gasteiger partial charge in [0.15, 0.2) is 22.9 Å². The summed E-state index contributed by atoms with van der Waals surface area (Å²) in [7, 11) is 4.40. The van der Waals surface area contributed by atoms with Crippen LogP contribution in [0.2, 0.25) is 0 Å². The number of ether oxygens (including phenoxy) is 3. The van der Waals surface area contributed by atoms with Gasteiger partial charge in [-0.25, -0.2) is 4.68 Å². The van der Waals surface area contributed by atoms with Crippen LogP contribution in [0.1, 0.15) is 20.8 Å². The van der Waals surface area contributed by atoms with Crippen LogP contribution < -0.4 is 25.1 Å². The molecule has 0 radical (unpaired) electrons. The predicted octanol–water partition coefficient (Wildman–Crippen LogP) is 1.97. The van der Waals surface area contributed by atoms with Crippen molar-refractivity contribution in [1.29, 1.82) is 0 Å². The Morgan fingerprint density at radius 2 is 1.48 bits per heavy atom. The van der Waals surface area contributed by atoms with Crippen molar-refractivity contribution >= 4 is 11.8 Å². The van der Waals surface area contributed by atoms with Gasteiger partial charge < -0.3 is 14.2 Å². The molecule has 0 fully saturated rings. The molecule has 2 N–H and O–H groups in total. The van der Waals surface area contributed by atoms with Crippen molar-refractivity contribution in [1.82, 2.24) is 20.6 Å². The average molecular weight is 396 g/mol. The van der Waals surface area contributed by atoms with Crippen LogP contribution in [0.4, 0.5) is 0 Å². The van der Waals surface area contributed by atoms with E-state index in [4.69, 9.17) is 14.2 Å². The molecule has 1 heterocycles. The maximum atomic E-state index is 12.5. The standard InChI is InChI=1S/C20H20N4O5/c1-27-15-10-9-13(11-16(15)28-2)19(25)21-22-20(26)18-17(29-3)12-24(23-18)14-7-5-4-6-8-14/h4-12H,1-3H3,(H,21,25)(H,22,26). The Hall–Kier alpha value is -4.01. The van der Waals surface area contributed by atoms with Gasteiger partial charge >= 0.3 is 0 Å².